The summed E-state index contributed by atoms with van der Waals surface area (Å²) in [5.74, 6) is -0.623. The Morgan fingerprint density at radius 3 is 2.48 bits per heavy atom. The standard InChI is InChI=1S/C20H25FN2O3S/c21-16-8-6-14(7-9-16)11-23(20(26)15-10-19(25)27-13-15)12-18(24)22-17-4-2-1-3-5-17/h6-9,15,17H,1-5,10-13H2,(H,22,24)/t15-/m0/s1. The second-order valence-corrected chi connectivity index (χ2v) is 8.38. The van der Waals surface area contributed by atoms with Crippen LogP contribution in [0, 0.1) is 11.7 Å². The average molecular weight is 392 g/mol. The first-order chi connectivity index (χ1) is 13.0. The predicted molar refractivity (Wildman–Crippen MR) is 102 cm³/mol. The normalized spacial score (nSPS) is 20.5. The van der Waals surface area contributed by atoms with Gasteiger partial charge in [0.1, 0.15) is 5.82 Å². The van der Waals surface area contributed by atoms with Gasteiger partial charge in [0.25, 0.3) is 0 Å². The average Bonchev–Trinajstić information content (AvgIpc) is 3.09. The summed E-state index contributed by atoms with van der Waals surface area (Å²) in [4.78, 5) is 38.4. The number of rotatable bonds is 6. The van der Waals surface area contributed by atoms with E-state index in [1.54, 1.807) is 12.1 Å². The molecule has 3 rings (SSSR count). The van der Waals surface area contributed by atoms with Crippen LogP contribution in [0.5, 0.6) is 0 Å². The summed E-state index contributed by atoms with van der Waals surface area (Å²) in [6.45, 7) is 0.189. The van der Waals surface area contributed by atoms with Crippen molar-refractivity contribution in [2.24, 2.45) is 5.92 Å². The Balaban J connectivity index is 1.66. The highest BCUT2D eigenvalue weighted by Gasteiger charge is 2.33. The number of nitrogens with one attached hydrogen (secondary N) is 1. The quantitative estimate of drug-likeness (QED) is 0.808. The van der Waals surface area contributed by atoms with Gasteiger partial charge in [-0.15, -0.1) is 0 Å². The molecule has 2 fully saturated rings. The fourth-order valence-corrected chi connectivity index (χ4v) is 4.61. The molecule has 1 N–H and O–H groups in total. The number of carbonyl (C=O) groups excluding carboxylic acids is 3. The number of amides is 2. The Kier molecular flexibility index (Phi) is 6.88. The van der Waals surface area contributed by atoms with Crippen LogP contribution in [0.2, 0.25) is 0 Å². The molecule has 1 saturated carbocycles. The number of nitrogens with zero attached hydrogens (tertiary/aromatic N) is 1. The minimum Gasteiger partial charge on any atom is -0.352 e. The lowest BCUT2D eigenvalue weighted by Gasteiger charge is -2.27. The van der Waals surface area contributed by atoms with E-state index in [0.717, 1.165) is 31.2 Å². The number of carbonyl (C=O) groups is 3. The first-order valence-electron chi connectivity index (χ1n) is 9.49. The molecule has 7 heteroatoms. The summed E-state index contributed by atoms with van der Waals surface area (Å²) in [7, 11) is 0. The van der Waals surface area contributed by atoms with Crippen molar-refractivity contribution < 1.29 is 18.8 Å². The lowest BCUT2D eigenvalue weighted by Crippen LogP contribution is -2.46. The molecule has 0 spiro atoms. The van der Waals surface area contributed by atoms with E-state index in [4.69, 9.17) is 0 Å². The molecule has 1 aromatic carbocycles. The van der Waals surface area contributed by atoms with Crippen molar-refractivity contribution in [2.45, 2.75) is 51.1 Å². The van der Waals surface area contributed by atoms with Crippen molar-refractivity contribution in [3.63, 3.8) is 0 Å². The highest BCUT2D eigenvalue weighted by molar-refractivity contribution is 8.14. The fourth-order valence-electron chi connectivity index (χ4n) is 3.64. The summed E-state index contributed by atoms with van der Waals surface area (Å²) >= 11 is 1.17. The second-order valence-electron chi connectivity index (χ2n) is 7.31. The van der Waals surface area contributed by atoms with Crippen LogP contribution in [0.25, 0.3) is 0 Å². The van der Waals surface area contributed by atoms with Gasteiger partial charge in [0, 0.05) is 24.8 Å². The summed E-state index contributed by atoms with van der Waals surface area (Å²) in [6, 6.07) is 6.09. The maximum atomic E-state index is 13.2. The first-order valence-corrected chi connectivity index (χ1v) is 10.5. The highest BCUT2D eigenvalue weighted by atomic mass is 32.2. The Hall–Kier alpha value is -1.89. The summed E-state index contributed by atoms with van der Waals surface area (Å²) in [5, 5.41) is 3.05. The molecule has 0 aromatic heterocycles. The molecule has 1 aromatic rings. The van der Waals surface area contributed by atoms with Gasteiger partial charge in [0.05, 0.1) is 12.5 Å². The molecule has 2 amide bonds. The molecule has 1 aliphatic heterocycles. The molecule has 1 heterocycles. The van der Waals surface area contributed by atoms with Crippen molar-refractivity contribution in [1.29, 1.82) is 0 Å². The number of hydrogen-bond donors (Lipinski definition) is 1. The van der Waals surface area contributed by atoms with Crippen molar-refractivity contribution in [3.05, 3.63) is 35.6 Å². The molecule has 0 radical (unpaired) electrons. The van der Waals surface area contributed by atoms with Crippen LogP contribution in [0.3, 0.4) is 0 Å². The monoisotopic (exact) mass is 392 g/mol. The largest absolute Gasteiger partial charge is 0.352 e. The Labute approximate surface area is 163 Å². The molecule has 1 saturated heterocycles. The molecule has 1 atom stereocenters. The molecule has 0 bridgehead atoms. The topological polar surface area (TPSA) is 66.5 Å². The minimum absolute atomic E-state index is 0.0155. The molecule has 5 nitrogen and oxygen atoms in total. The zero-order chi connectivity index (χ0) is 19.2. The molecule has 2 aliphatic rings. The number of hydrogen-bond acceptors (Lipinski definition) is 4. The van der Waals surface area contributed by atoms with E-state index in [0.29, 0.717) is 5.75 Å². The summed E-state index contributed by atoms with van der Waals surface area (Å²) in [6.07, 6.45) is 5.61. The number of halogens is 1. The SMILES string of the molecule is O=C(CN(Cc1ccc(F)cc1)C(=O)[C@@H]1CSC(=O)C1)NC1CCCCC1. The van der Waals surface area contributed by atoms with Crippen LogP contribution in [-0.2, 0) is 20.9 Å². The van der Waals surface area contributed by atoms with E-state index in [1.165, 1.54) is 35.2 Å². The Morgan fingerprint density at radius 2 is 1.85 bits per heavy atom. The number of benzene rings is 1. The van der Waals surface area contributed by atoms with Gasteiger partial charge < -0.3 is 10.2 Å². The third-order valence-corrected chi connectivity index (χ3v) is 6.17. The lowest BCUT2D eigenvalue weighted by molar-refractivity contribution is -0.140. The van der Waals surface area contributed by atoms with Gasteiger partial charge in [-0.25, -0.2) is 4.39 Å². The first kappa shape index (κ1) is 19.9. The highest BCUT2D eigenvalue weighted by Crippen LogP contribution is 2.27. The van der Waals surface area contributed by atoms with Gasteiger partial charge >= 0.3 is 0 Å². The van der Waals surface area contributed by atoms with Crippen LogP contribution >= 0.6 is 11.8 Å². The third kappa shape index (κ3) is 5.79. The van der Waals surface area contributed by atoms with Crippen LogP contribution in [0.15, 0.2) is 24.3 Å². The molecule has 1 aliphatic carbocycles. The zero-order valence-electron chi connectivity index (χ0n) is 15.3. The van der Waals surface area contributed by atoms with Gasteiger partial charge in [0.2, 0.25) is 11.8 Å². The van der Waals surface area contributed by atoms with Gasteiger partial charge in [-0.05, 0) is 30.5 Å². The third-order valence-electron chi connectivity index (χ3n) is 5.11. The van der Waals surface area contributed by atoms with Crippen molar-refractivity contribution >= 4 is 28.7 Å². The second kappa shape index (κ2) is 9.35. The van der Waals surface area contributed by atoms with Crippen LogP contribution in [0.1, 0.15) is 44.1 Å². The lowest BCUT2D eigenvalue weighted by atomic mass is 9.95. The van der Waals surface area contributed by atoms with E-state index in [9.17, 15) is 18.8 Å². The van der Waals surface area contributed by atoms with E-state index in [1.807, 2.05) is 0 Å². The fraction of sp³-hybridized carbons (Fsp3) is 0.550. The smallest absolute Gasteiger partial charge is 0.239 e. The van der Waals surface area contributed by atoms with E-state index in [-0.39, 0.29) is 54.2 Å². The van der Waals surface area contributed by atoms with Crippen LogP contribution < -0.4 is 5.32 Å². The Morgan fingerprint density at radius 1 is 1.15 bits per heavy atom. The molecular formula is C20H25FN2O3S. The van der Waals surface area contributed by atoms with Gasteiger partial charge in [-0.1, -0.05) is 43.2 Å². The predicted octanol–water partition coefficient (Wildman–Crippen LogP) is 2.88. The van der Waals surface area contributed by atoms with Crippen LogP contribution in [-0.4, -0.2) is 40.2 Å². The summed E-state index contributed by atoms with van der Waals surface area (Å²) in [5.41, 5.74) is 0.757. The maximum absolute atomic E-state index is 13.2. The van der Waals surface area contributed by atoms with Crippen molar-refractivity contribution in [1.82, 2.24) is 10.2 Å². The molecule has 27 heavy (non-hydrogen) atoms. The van der Waals surface area contributed by atoms with Crippen LogP contribution in [0.4, 0.5) is 4.39 Å². The van der Waals surface area contributed by atoms with E-state index >= 15 is 0 Å². The van der Waals surface area contributed by atoms with Crippen molar-refractivity contribution in [2.75, 3.05) is 12.3 Å². The molecular weight excluding hydrogens is 367 g/mol. The van der Waals surface area contributed by atoms with Crippen molar-refractivity contribution in [3.8, 4) is 0 Å². The van der Waals surface area contributed by atoms with E-state index < -0.39 is 0 Å². The summed E-state index contributed by atoms with van der Waals surface area (Å²) < 4.78 is 13.2. The minimum atomic E-state index is -0.384. The number of thioether (sulfide) groups is 1. The van der Waals surface area contributed by atoms with Gasteiger partial charge in [0.15, 0.2) is 5.12 Å². The van der Waals surface area contributed by atoms with Gasteiger partial charge in [-0.2, -0.15) is 0 Å². The molecule has 0 unspecified atom stereocenters. The zero-order valence-corrected chi connectivity index (χ0v) is 16.1. The maximum Gasteiger partial charge on any atom is 0.239 e. The van der Waals surface area contributed by atoms with Gasteiger partial charge in [-0.3, -0.25) is 14.4 Å². The molecule has 146 valence electrons. The Bertz CT molecular complexity index is 689. The van der Waals surface area contributed by atoms with E-state index in [2.05, 4.69) is 5.32 Å².